The van der Waals surface area contributed by atoms with Gasteiger partial charge in [-0.15, -0.1) is 0 Å². The summed E-state index contributed by atoms with van der Waals surface area (Å²) < 4.78 is 6.77. The van der Waals surface area contributed by atoms with Crippen LogP contribution in [0.25, 0.3) is 10.8 Å². The van der Waals surface area contributed by atoms with Crippen LogP contribution in [0, 0.1) is 0 Å². The van der Waals surface area contributed by atoms with Gasteiger partial charge in [0.15, 0.2) is 6.10 Å². The maximum atomic E-state index is 11.6. The number of carboxylic acids is 1. The Morgan fingerprint density at radius 3 is 2.43 bits per heavy atom. The second-order valence-corrected chi connectivity index (χ2v) is 6.17. The van der Waals surface area contributed by atoms with Gasteiger partial charge in [0.2, 0.25) is 0 Å². The molecule has 0 aliphatic carbocycles. The van der Waals surface area contributed by atoms with Gasteiger partial charge in [-0.25, -0.2) is 4.79 Å². The number of benzene rings is 3. The van der Waals surface area contributed by atoms with Gasteiger partial charge in [0, 0.05) is 16.3 Å². The molecule has 3 nitrogen and oxygen atoms in total. The van der Waals surface area contributed by atoms with Gasteiger partial charge in [0.05, 0.1) is 0 Å². The zero-order valence-electron chi connectivity index (χ0n) is 12.3. The third-order valence-corrected chi connectivity index (χ3v) is 4.16. The van der Waals surface area contributed by atoms with Crippen LogP contribution in [0.3, 0.4) is 0 Å². The monoisotopic (exact) mass is 370 g/mol. The normalized spacial score (nSPS) is 12.0. The van der Waals surface area contributed by atoms with Crippen LogP contribution < -0.4 is 4.74 Å². The molecule has 23 heavy (non-hydrogen) atoms. The fourth-order valence-electron chi connectivity index (χ4n) is 2.47. The lowest BCUT2D eigenvalue weighted by Crippen LogP contribution is -2.29. The predicted octanol–water partition coefficient (Wildman–Crippen LogP) is 4.68. The van der Waals surface area contributed by atoms with Crippen LogP contribution >= 0.6 is 15.9 Å². The van der Waals surface area contributed by atoms with E-state index in [4.69, 9.17) is 4.74 Å². The van der Waals surface area contributed by atoms with Crippen molar-refractivity contribution in [2.75, 3.05) is 0 Å². The molecule has 4 heteroatoms. The van der Waals surface area contributed by atoms with E-state index in [2.05, 4.69) is 15.9 Å². The van der Waals surface area contributed by atoms with Crippen LogP contribution in [0.15, 0.2) is 71.2 Å². The van der Waals surface area contributed by atoms with Crippen molar-refractivity contribution < 1.29 is 14.6 Å². The third-order valence-electron chi connectivity index (χ3n) is 3.63. The minimum atomic E-state index is -0.971. The van der Waals surface area contributed by atoms with E-state index in [0.29, 0.717) is 12.2 Å². The molecule has 0 unspecified atom stereocenters. The number of aliphatic carboxylic acids is 1. The number of hydrogen-bond acceptors (Lipinski definition) is 2. The fraction of sp³-hybridized carbons (Fsp3) is 0.105. The smallest absolute Gasteiger partial charge is 0.345 e. The molecule has 0 heterocycles. The second kappa shape index (κ2) is 6.84. The number of fused-ring (bicyclic) bond motifs is 1. The molecule has 1 atom stereocenters. The molecule has 0 bridgehead atoms. The van der Waals surface area contributed by atoms with E-state index in [0.717, 1.165) is 20.8 Å². The summed E-state index contributed by atoms with van der Waals surface area (Å²) in [6.45, 7) is 0. The second-order valence-electron chi connectivity index (χ2n) is 5.25. The molecule has 0 amide bonds. The van der Waals surface area contributed by atoms with Crippen molar-refractivity contribution >= 4 is 32.7 Å². The van der Waals surface area contributed by atoms with Gasteiger partial charge in [-0.05, 0) is 29.1 Å². The van der Waals surface area contributed by atoms with E-state index < -0.39 is 12.1 Å². The average Bonchev–Trinajstić information content (AvgIpc) is 2.56. The maximum Gasteiger partial charge on any atom is 0.345 e. The minimum absolute atomic E-state index is 0.311. The first kappa shape index (κ1) is 15.6. The van der Waals surface area contributed by atoms with Crippen molar-refractivity contribution in [3.8, 4) is 5.75 Å². The Morgan fingerprint density at radius 1 is 1.00 bits per heavy atom. The van der Waals surface area contributed by atoms with Gasteiger partial charge < -0.3 is 9.84 Å². The summed E-state index contributed by atoms with van der Waals surface area (Å²) in [5, 5.41) is 11.4. The summed E-state index contributed by atoms with van der Waals surface area (Å²) in [4.78, 5) is 11.6. The summed E-state index contributed by atoms with van der Waals surface area (Å²) in [5.41, 5.74) is 0.917. The van der Waals surface area contributed by atoms with E-state index in [1.807, 2.05) is 60.7 Å². The molecule has 0 aromatic heterocycles. The standard InChI is InChI=1S/C19H15BrO3/c20-15-10-8-13(9-11-15)12-18(19(21)22)23-17-7-3-5-14-4-1-2-6-16(14)17/h1-11,18H,12H2,(H,21,22)/t18-/m1/s1. The molecule has 0 aliphatic heterocycles. The molecular weight excluding hydrogens is 356 g/mol. The maximum absolute atomic E-state index is 11.6. The van der Waals surface area contributed by atoms with Gasteiger partial charge >= 0.3 is 5.97 Å². The molecule has 0 radical (unpaired) electrons. The minimum Gasteiger partial charge on any atom is -0.478 e. The van der Waals surface area contributed by atoms with E-state index in [-0.39, 0.29) is 0 Å². The van der Waals surface area contributed by atoms with Gasteiger partial charge in [-0.1, -0.05) is 64.5 Å². The highest BCUT2D eigenvalue weighted by Crippen LogP contribution is 2.26. The zero-order chi connectivity index (χ0) is 16.2. The topological polar surface area (TPSA) is 46.5 Å². The summed E-state index contributed by atoms with van der Waals surface area (Å²) in [6, 6.07) is 21.0. The van der Waals surface area contributed by atoms with Gasteiger partial charge in [-0.3, -0.25) is 0 Å². The largest absolute Gasteiger partial charge is 0.478 e. The molecule has 3 aromatic rings. The Morgan fingerprint density at radius 2 is 1.70 bits per heavy atom. The van der Waals surface area contributed by atoms with Crippen molar-refractivity contribution in [2.24, 2.45) is 0 Å². The lowest BCUT2D eigenvalue weighted by molar-refractivity contribution is -0.144. The van der Waals surface area contributed by atoms with Crippen molar-refractivity contribution in [2.45, 2.75) is 12.5 Å². The molecule has 1 N–H and O–H groups in total. The van der Waals surface area contributed by atoms with E-state index in [1.165, 1.54) is 0 Å². The quantitative estimate of drug-likeness (QED) is 0.709. The lowest BCUT2D eigenvalue weighted by atomic mass is 10.1. The highest BCUT2D eigenvalue weighted by atomic mass is 79.9. The summed E-state index contributed by atoms with van der Waals surface area (Å²) in [6.07, 6.45) is -0.617. The van der Waals surface area contributed by atoms with Crippen LogP contribution in [0.1, 0.15) is 5.56 Å². The summed E-state index contributed by atoms with van der Waals surface area (Å²) in [7, 11) is 0. The summed E-state index contributed by atoms with van der Waals surface area (Å²) in [5.74, 6) is -0.381. The Hall–Kier alpha value is -2.33. The number of hydrogen-bond donors (Lipinski definition) is 1. The van der Waals surface area contributed by atoms with E-state index >= 15 is 0 Å². The first-order chi connectivity index (χ1) is 11.1. The van der Waals surface area contributed by atoms with Crippen LogP contribution in [0.4, 0.5) is 0 Å². The van der Waals surface area contributed by atoms with Gasteiger partial charge in [0.25, 0.3) is 0 Å². The first-order valence-corrected chi connectivity index (χ1v) is 8.04. The van der Waals surface area contributed by atoms with Crippen molar-refractivity contribution in [3.63, 3.8) is 0 Å². The highest BCUT2D eigenvalue weighted by Gasteiger charge is 2.21. The third kappa shape index (κ3) is 3.71. The molecule has 0 aliphatic rings. The Balaban J connectivity index is 1.87. The Bertz CT molecular complexity index is 822. The average molecular weight is 371 g/mol. The molecule has 116 valence electrons. The molecule has 3 rings (SSSR count). The van der Waals surface area contributed by atoms with Crippen LogP contribution in [-0.4, -0.2) is 17.2 Å². The number of rotatable bonds is 5. The number of halogens is 1. The first-order valence-electron chi connectivity index (χ1n) is 7.25. The molecular formula is C19H15BrO3. The van der Waals surface area contributed by atoms with E-state index in [1.54, 1.807) is 6.07 Å². The van der Waals surface area contributed by atoms with Crippen molar-refractivity contribution in [1.82, 2.24) is 0 Å². The van der Waals surface area contributed by atoms with Crippen LogP contribution in [0.2, 0.25) is 0 Å². The molecule has 0 fully saturated rings. The number of ether oxygens (including phenoxy) is 1. The Kier molecular flexibility index (Phi) is 4.63. The molecule has 3 aromatic carbocycles. The van der Waals surface area contributed by atoms with Gasteiger partial charge in [0.1, 0.15) is 5.75 Å². The molecule has 0 saturated carbocycles. The molecule has 0 spiro atoms. The lowest BCUT2D eigenvalue weighted by Gasteiger charge is -2.17. The zero-order valence-corrected chi connectivity index (χ0v) is 13.9. The predicted molar refractivity (Wildman–Crippen MR) is 93.8 cm³/mol. The van der Waals surface area contributed by atoms with Crippen molar-refractivity contribution in [1.29, 1.82) is 0 Å². The SMILES string of the molecule is O=C(O)[C@@H](Cc1ccc(Br)cc1)Oc1cccc2ccccc12. The van der Waals surface area contributed by atoms with Crippen LogP contribution in [0.5, 0.6) is 5.75 Å². The Labute approximate surface area is 142 Å². The van der Waals surface area contributed by atoms with Crippen LogP contribution in [-0.2, 0) is 11.2 Å². The molecule has 0 saturated heterocycles. The fourth-order valence-corrected chi connectivity index (χ4v) is 2.73. The summed E-state index contributed by atoms with van der Waals surface area (Å²) >= 11 is 3.37. The van der Waals surface area contributed by atoms with E-state index in [9.17, 15) is 9.90 Å². The highest BCUT2D eigenvalue weighted by molar-refractivity contribution is 9.10. The van der Waals surface area contributed by atoms with Gasteiger partial charge in [-0.2, -0.15) is 0 Å². The number of carbonyl (C=O) groups is 1. The number of carboxylic acid groups (broad SMARTS) is 1. The van der Waals surface area contributed by atoms with Crippen molar-refractivity contribution in [3.05, 3.63) is 76.8 Å².